The van der Waals surface area contributed by atoms with Gasteiger partial charge in [-0.1, -0.05) is 18.2 Å². The number of thioether (sulfide) groups is 2. The number of carbonyl (C=O) groups is 2. The largest absolute Gasteiger partial charge is 0.493 e. The number of ether oxygens (including phenoxy) is 3. The highest BCUT2D eigenvalue weighted by atomic mass is 32.2. The number of fused-ring (bicyclic) bond motifs is 4. The summed E-state index contributed by atoms with van der Waals surface area (Å²) < 4.78 is 19.3. The SMILES string of the molecule is COc1cc2c(c(OC)c1OC)-c1ccc(NC(CCSC)C(=O)NC(CCSC)c3nc4ccccc4n3C)c(=O)cc1C(NC(C)=O)CC2. The van der Waals surface area contributed by atoms with E-state index in [-0.39, 0.29) is 29.0 Å². The monoisotopic (exact) mass is 733 g/mol. The van der Waals surface area contributed by atoms with Gasteiger partial charge in [-0.05, 0) is 96.7 Å². The number of amides is 2. The molecule has 3 unspecified atom stereocenters. The maximum Gasteiger partial charge on any atom is 0.243 e. The van der Waals surface area contributed by atoms with Gasteiger partial charge in [0.25, 0.3) is 0 Å². The molecule has 0 saturated heterocycles. The van der Waals surface area contributed by atoms with Crippen LogP contribution in [0.25, 0.3) is 22.2 Å². The number of para-hydroxylation sites is 2. The zero-order valence-corrected chi connectivity index (χ0v) is 31.9. The number of hydrogen-bond acceptors (Lipinski definition) is 10. The average molecular weight is 734 g/mol. The van der Waals surface area contributed by atoms with Crippen LogP contribution in [-0.2, 0) is 23.1 Å². The number of anilines is 1. The van der Waals surface area contributed by atoms with Gasteiger partial charge < -0.3 is 34.7 Å². The first-order valence-corrected chi connectivity index (χ1v) is 19.7. The molecule has 5 rings (SSSR count). The second-order valence-corrected chi connectivity index (χ2v) is 14.4. The van der Waals surface area contributed by atoms with Crippen molar-refractivity contribution in [3.8, 4) is 28.4 Å². The van der Waals surface area contributed by atoms with Crippen LogP contribution in [0.2, 0.25) is 0 Å². The Morgan fingerprint density at radius 3 is 2.37 bits per heavy atom. The molecular weight excluding hydrogens is 687 g/mol. The molecule has 1 heterocycles. The predicted molar refractivity (Wildman–Crippen MR) is 208 cm³/mol. The molecule has 3 atom stereocenters. The van der Waals surface area contributed by atoms with E-state index in [0.29, 0.717) is 59.8 Å². The molecule has 1 aliphatic carbocycles. The summed E-state index contributed by atoms with van der Waals surface area (Å²) in [7, 11) is 6.66. The Labute approximate surface area is 307 Å². The van der Waals surface area contributed by atoms with E-state index in [1.807, 2.05) is 60.5 Å². The number of aromatic nitrogens is 2. The molecule has 1 aromatic heterocycles. The number of nitrogens with zero attached hydrogens (tertiary/aromatic N) is 2. The smallest absolute Gasteiger partial charge is 0.243 e. The van der Waals surface area contributed by atoms with Crippen LogP contribution in [0.3, 0.4) is 0 Å². The molecule has 0 bridgehead atoms. The second-order valence-electron chi connectivity index (χ2n) is 12.4. The van der Waals surface area contributed by atoms with E-state index in [2.05, 4.69) is 16.0 Å². The predicted octanol–water partition coefficient (Wildman–Crippen LogP) is 5.89. The van der Waals surface area contributed by atoms with Crippen molar-refractivity contribution >= 4 is 52.1 Å². The van der Waals surface area contributed by atoms with Crippen LogP contribution in [0.4, 0.5) is 5.69 Å². The molecule has 4 aromatic rings. The molecule has 2 amide bonds. The maximum absolute atomic E-state index is 14.2. The van der Waals surface area contributed by atoms with Gasteiger partial charge in [-0.3, -0.25) is 14.4 Å². The van der Waals surface area contributed by atoms with Crippen LogP contribution in [0.1, 0.15) is 55.2 Å². The molecule has 51 heavy (non-hydrogen) atoms. The van der Waals surface area contributed by atoms with Crippen molar-refractivity contribution < 1.29 is 23.8 Å². The minimum absolute atomic E-state index is 0.207. The van der Waals surface area contributed by atoms with Crippen LogP contribution in [0.5, 0.6) is 17.2 Å². The van der Waals surface area contributed by atoms with E-state index in [9.17, 15) is 14.4 Å². The number of rotatable bonds is 15. The molecular formula is C38H47N5O6S2. The third-order valence-electron chi connectivity index (χ3n) is 9.23. The normalized spacial score (nSPS) is 14.8. The fourth-order valence-corrected chi connectivity index (χ4v) is 7.71. The first-order chi connectivity index (χ1) is 24.6. The van der Waals surface area contributed by atoms with Crippen LogP contribution >= 0.6 is 23.5 Å². The summed E-state index contributed by atoms with van der Waals surface area (Å²) in [5.74, 6) is 3.32. The van der Waals surface area contributed by atoms with Crippen molar-refractivity contribution in [2.75, 3.05) is 50.7 Å². The van der Waals surface area contributed by atoms with Gasteiger partial charge in [-0.2, -0.15) is 23.5 Å². The fourth-order valence-electron chi connectivity index (χ4n) is 6.77. The molecule has 11 nitrogen and oxygen atoms in total. The minimum atomic E-state index is -0.698. The van der Waals surface area contributed by atoms with E-state index in [4.69, 9.17) is 19.2 Å². The van der Waals surface area contributed by atoms with Crippen molar-refractivity contribution in [1.82, 2.24) is 20.2 Å². The lowest BCUT2D eigenvalue weighted by Gasteiger charge is -2.23. The Morgan fingerprint density at radius 2 is 1.71 bits per heavy atom. The molecule has 13 heteroatoms. The van der Waals surface area contributed by atoms with Gasteiger partial charge in [0, 0.05) is 19.5 Å². The number of hydrogen-bond donors (Lipinski definition) is 3. The second kappa shape index (κ2) is 17.2. The maximum atomic E-state index is 14.2. The Hall–Kier alpha value is -4.36. The van der Waals surface area contributed by atoms with Gasteiger partial charge in [-0.15, -0.1) is 0 Å². The molecule has 3 aromatic carbocycles. The van der Waals surface area contributed by atoms with Gasteiger partial charge in [-0.25, -0.2) is 4.98 Å². The summed E-state index contributed by atoms with van der Waals surface area (Å²) >= 11 is 3.34. The van der Waals surface area contributed by atoms with Crippen molar-refractivity contribution in [2.45, 2.75) is 50.7 Å². The number of benzene rings is 2. The molecule has 272 valence electrons. The van der Waals surface area contributed by atoms with Gasteiger partial charge >= 0.3 is 0 Å². The Balaban J connectivity index is 1.56. The zero-order chi connectivity index (χ0) is 36.7. The molecule has 3 N–H and O–H groups in total. The highest BCUT2D eigenvalue weighted by Gasteiger charge is 2.30. The highest BCUT2D eigenvalue weighted by Crippen LogP contribution is 2.50. The van der Waals surface area contributed by atoms with Crippen molar-refractivity contribution in [2.24, 2.45) is 7.05 Å². The number of nitrogens with one attached hydrogen (secondary N) is 3. The summed E-state index contributed by atoms with van der Waals surface area (Å²) in [6, 6.07) is 13.5. The first kappa shape index (κ1) is 37.9. The quantitative estimate of drug-likeness (QED) is 0.136. The average Bonchev–Trinajstić information content (AvgIpc) is 3.28. The summed E-state index contributed by atoms with van der Waals surface area (Å²) in [6.07, 6.45) is 6.35. The molecule has 0 fully saturated rings. The molecule has 0 aliphatic heterocycles. The highest BCUT2D eigenvalue weighted by molar-refractivity contribution is 7.98. The molecule has 0 radical (unpaired) electrons. The number of aryl methyl sites for hydroxylation is 2. The number of methoxy groups -OCH3 is 3. The first-order valence-electron chi connectivity index (χ1n) is 16.9. The number of carbonyl (C=O) groups excluding carboxylic acids is 2. The van der Waals surface area contributed by atoms with Crippen molar-refractivity contribution in [3.63, 3.8) is 0 Å². The summed E-state index contributed by atoms with van der Waals surface area (Å²) in [5.41, 5.74) is 4.89. The van der Waals surface area contributed by atoms with Gasteiger partial charge in [0.1, 0.15) is 11.9 Å². The van der Waals surface area contributed by atoms with Crippen LogP contribution < -0.4 is 35.6 Å². The molecule has 0 saturated carbocycles. The van der Waals surface area contributed by atoms with E-state index in [1.54, 1.807) is 57.0 Å². The van der Waals surface area contributed by atoms with Crippen LogP contribution in [0.15, 0.2) is 53.3 Å². The van der Waals surface area contributed by atoms with Crippen molar-refractivity contribution in [1.29, 1.82) is 0 Å². The van der Waals surface area contributed by atoms with Crippen LogP contribution in [-0.4, -0.2) is 72.8 Å². The molecule has 0 spiro atoms. The zero-order valence-electron chi connectivity index (χ0n) is 30.3. The Bertz CT molecular complexity index is 1950. The van der Waals surface area contributed by atoms with Gasteiger partial charge in [0.05, 0.1) is 50.1 Å². The van der Waals surface area contributed by atoms with E-state index < -0.39 is 12.1 Å². The lowest BCUT2D eigenvalue weighted by molar-refractivity contribution is -0.123. The Morgan fingerprint density at radius 1 is 0.980 bits per heavy atom. The number of imidazole rings is 1. The Kier molecular flexibility index (Phi) is 12.8. The standard InChI is InChI=1S/C38H47N5O6S2/c1-22(44)39-26-14-12-23-20-33(47-3)35(48-4)36(49-5)34(23)24-13-15-28(32(45)21-25(24)26)40-30(17-19-51-7)38(46)42-29(16-18-50-6)37-41-27-10-8-9-11-31(27)43(37)2/h8-11,13,15,20-21,26,29-30H,12,14,16-19H2,1-7H3,(H,39,44)(H,40,45)(H,42,46). The van der Waals surface area contributed by atoms with E-state index >= 15 is 0 Å². The lowest BCUT2D eigenvalue weighted by Crippen LogP contribution is -2.43. The summed E-state index contributed by atoms with van der Waals surface area (Å²) in [4.78, 5) is 45.5. The summed E-state index contributed by atoms with van der Waals surface area (Å²) in [5, 5.41) is 9.63. The van der Waals surface area contributed by atoms with Crippen LogP contribution in [0, 0.1) is 0 Å². The van der Waals surface area contributed by atoms with E-state index in [1.165, 1.54) is 6.92 Å². The van der Waals surface area contributed by atoms with Gasteiger partial charge in [0.2, 0.25) is 23.0 Å². The topological polar surface area (TPSA) is 133 Å². The van der Waals surface area contributed by atoms with Gasteiger partial charge in [0.15, 0.2) is 11.5 Å². The molecule has 1 aliphatic rings. The fraction of sp³-hybridized carbons (Fsp3) is 0.421. The third-order valence-corrected chi connectivity index (χ3v) is 10.5. The lowest BCUT2D eigenvalue weighted by atomic mass is 9.95. The summed E-state index contributed by atoms with van der Waals surface area (Å²) in [6.45, 7) is 1.47. The van der Waals surface area contributed by atoms with Crippen molar-refractivity contribution in [3.05, 3.63) is 75.7 Å². The third kappa shape index (κ3) is 8.25. The minimum Gasteiger partial charge on any atom is -0.493 e. The van der Waals surface area contributed by atoms with E-state index in [0.717, 1.165) is 33.7 Å².